The first kappa shape index (κ1) is 11.8. The first-order valence-corrected chi connectivity index (χ1v) is 7.06. The van der Waals surface area contributed by atoms with Crippen molar-refractivity contribution in [2.75, 3.05) is 18.1 Å². The number of thioether (sulfide) groups is 1. The lowest BCUT2D eigenvalue weighted by molar-refractivity contribution is -0.129. The smallest absolute Gasteiger partial charge is 0.225 e. The highest BCUT2D eigenvalue weighted by atomic mass is 32.2. The van der Waals surface area contributed by atoms with Gasteiger partial charge in [-0.3, -0.25) is 9.59 Å². The Morgan fingerprint density at radius 2 is 2.31 bits per heavy atom. The molecule has 2 heterocycles. The fraction of sp³-hybridized carbons (Fsp3) is 0.818. The molecular formula is C11H18N2O2S. The van der Waals surface area contributed by atoms with Gasteiger partial charge in [0.2, 0.25) is 11.8 Å². The van der Waals surface area contributed by atoms with E-state index in [1.54, 1.807) is 0 Å². The van der Waals surface area contributed by atoms with Crippen molar-refractivity contribution >= 4 is 23.6 Å². The molecule has 0 saturated carbocycles. The summed E-state index contributed by atoms with van der Waals surface area (Å²) in [7, 11) is 0. The van der Waals surface area contributed by atoms with Crippen LogP contribution in [0.2, 0.25) is 0 Å². The van der Waals surface area contributed by atoms with Crippen LogP contribution in [0.1, 0.15) is 25.7 Å². The first-order chi connectivity index (χ1) is 7.75. The molecule has 0 aromatic rings. The molecule has 90 valence electrons. The average Bonchev–Trinajstić information content (AvgIpc) is 2.31. The lowest BCUT2D eigenvalue weighted by atomic mass is 9.98. The quantitative estimate of drug-likeness (QED) is 0.742. The minimum atomic E-state index is -0.0235. The van der Waals surface area contributed by atoms with Crippen molar-refractivity contribution in [3.05, 3.63) is 0 Å². The second-order valence-corrected chi connectivity index (χ2v) is 5.61. The van der Waals surface area contributed by atoms with E-state index in [0.717, 1.165) is 12.2 Å². The Hall–Kier alpha value is -0.710. The van der Waals surface area contributed by atoms with Gasteiger partial charge in [0.05, 0.1) is 5.92 Å². The highest BCUT2D eigenvalue weighted by Gasteiger charge is 2.26. The van der Waals surface area contributed by atoms with Crippen LogP contribution in [0.3, 0.4) is 0 Å². The summed E-state index contributed by atoms with van der Waals surface area (Å²) in [5.41, 5.74) is 0. The molecule has 2 fully saturated rings. The van der Waals surface area contributed by atoms with E-state index in [1.807, 2.05) is 11.8 Å². The number of amides is 2. The van der Waals surface area contributed by atoms with Crippen molar-refractivity contribution in [3.63, 3.8) is 0 Å². The number of carbonyl (C=O) groups excluding carboxylic acids is 2. The Kier molecular flexibility index (Phi) is 4.09. The maximum absolute atomic E-state index is 11.9. The van der Waals surface area contributed by atoms with Crippen LogP contribution in [0.4, 0.5) is 0 Å². The molecule has 16 heavy (non-hydrogen) atoms. The van der Waals surface area contributed by atoms with Crippen molar-refractivity contribution in [3.8, 4) is 0 Å². The number of piperidine rings is 1. The van der Waals surface area contributed by atoms with Crippen LogP contribution in [0, 0.1) is 5.92 Å². The topological polar surface area (TPSA) is 58.2 Å². The third-order valence-corrected chi connectivity index (χ3v) is 4.36. The van der Waals surface area contributed by atoms with E-state index in [9.17, 15) is 9.59 Å². The molecule has 0 spiro atoms. The van der Waals surface area contributed by atoms with E-state index in [4.69, 9.17) is 0 Å². The van der Waals surface area contributed by atoms with E-state index in [-0.39, 0.29) is 17.7 Å². The highest BCUT2D eigenvalue weighted by molar-refractivity contribution is 7.99. The molecule has 4 nitrogen and oxygen atoms in total. The molecule has 2 aliphatic rings. The van der Waals surface area contributed by atoms with Gasteiger partial charge in [-0.2, -0.15) is 11.8 Å². The second-order valence-electron chi connectivity index (χ2n) is 4.46. The zero-order chi connectivity index (χ0) is 11.4. The number of rotatable bonds is 2. The van der Waals surface area contributed by atoms with Crippen molar-refractivity contribution in [1.29, 1.82) is 0 Å². The van der Waals surface area contributed by atoms with Gasteiger partial charge < -0.3 is 10.6 Å². The largest absolute Gasteiger partial charge is 0.355 e. The summed E-state index contributed by atoms with van der Waals surface area (Å²) in [4.78, 5) is 22.9. The van der Waals surface area contributed by atoms with Crippen molar-refractivity contribution in [1.82, 2.24) is 10.6 Å². The third-order valence-electron chi connectivity index (χ3n) is 3.14. The van der Waals surface area contributed by atoms with Crippen molar-refractivity contribution in [2.24, 2.45) is 5.92 Å². The zero-order valence-corrected chi connectivity index (χ0v) is 10.1. The Bertz CT molecular complexity index is 267. The van der Waals surface area contributed by atoms with Crippen LogP contribution < -0.4 is 10.6 Å². The van der Waals surface area contributed by atoms with Crippen LogP contribution in [-0.4, -0.2) is 35.9 Å². The van der Waals surface area contributed by atoms with Gasteiger partial charge in [-0.15, -0.1) is 0 Å². The van der Waals surface area contributed by atoms with Gasteiger partial charge in [-0.1, -0.05) is 0 Å². The van der Waals surface area contributed by atoms with Gasteiger partial charge in [0, 0.05) is 24.8 Å². The average molecular weight is 242 g/mol. The first-order valence-electron chi connectivity index (χ1n) is 5.90. The summed E-state index contributed by atoms with van der Waals surface area (Å²) in [5.74, 6) is 2.41. The van der Waals surface area contributed by atoms with Crippen molar-refractivity contribution in [2.45, 2.75) is 31.7 Å². The van der Waals surface area contributed by atoms with E-state index >= 15 is 0 Å². The van der Waals surface area contributed by atoms with Crippen LogP contribution in [-0.2, 0) is 9.59 Å². The maximum atomic E-state index is 11.9. The molecule has 0 aliphatic carbocycles. The molecule has 2 rings (SSSR count). The van der Waals surface area contributed by atoms with Gasteiger partial charge in [0.15, 0.2) is 0 Å². The molecule has 2 aliphatic heterocycles. The second kappa shape index (κ2) is 5.57. The van der Waals surface area contributed by atoms with Gasteiger partial charge in [-0.05, 0) is 25.0 Å². The van der Waals surface area contributed by atoms with E-state index in [0.29, 0.717) is 25.4 Å². The molecular weight excluding hydrogens is 224 g/mol. The fourth-order valence-corrected chi connectivity index (χ4v) is 3.20. The Morgan fingerprint density at radius 1 is 1.44 bits per heavy atom. The minimum Gasteiger partial charge on any atom is -0.355 e. The molecule has 0 bridgehead atoms. The van der Waals surface area contributed by atoms with E-state index in [1.165, 1.54) is 12.2 Å². The molecule has 2 amide bonds. The fourth-order valence-electron chi connectivity index (χ4n) is 2.13. The molecule has 5 heteroatoms. The number of carbonyl (C=O) groups is 2. The number of hydrogen-bond acceptors (Lipinski definition) is 3. The zero-order valence-electron chi connectivity index (χ0n) is 9.33. The molecule has 2 N–H and O–H groups in total. The standard InChI is InChI=1S/C11H18N2O2S/c14-10-4-3-8(6-12-10)11(15)13-9-2-1-5-16-7-9/h8-9H,1-7H2,(H,12,14)(H,13,15). The molecule has 2 saturated heterocycles. The van der Waals surface area contributed by atoms with Gasteiger partial charge in [0.25, 0.3) is 0 Å². The summed E-state index contributed by atoms with van der Waals surface area (Å²) in [6.07, 6.45) is 3.46. The Morgan fingerprint density at radius 3 is 2.94 bits per heavy atom. The maximum Gasteiger partial charge on any atom is 0.225 e. The monoisotopic (exact) mass is 242 g/mol. The molecule has 0 radical (unpaired) electrons. The van der Waals surface area contributed by atoms with Gasteiger partial charge in [-0.25, -0.2) is 0 Å². The molecule has 2 unspecified atom stereocenters. The normalized spacial score (nSPS) is 30.6. The number of nitrogens with one attached hydrogen (secondary N) is 2. The van der Waals surface area contributed by atoms with Crippen molar-refractivity contribution < 1.29 is 9.59 Å². The Labute approximate surface area is 99.9 Å². The number of hydrogen-bond donors (Lipinski definition) is 2. The molecule has 2 atom stereocenters. The summed E-state index contributed by atoms with van der Waals surface area (Å²) < 4.78 is 0. The minimum absolute atomic E-state index is 0.0235. The van der Waals surface area contributed by atoms with E-state index < -0.39 is 0 Å². The third kappa shape index (κ3) is 3.14. The summed E-state index contributed by atoms with van der Waals surface area (Å²) >= 11 is 1.91. The highest BCUT2D eigenvalue weighted by Crippen LogP contribution is 2.18. The van der Waals surface area contributed by atoms with Crippen LogP contribution in [0.5, 0.6) is 0 Å². The molecule has 0 aromatic heterocycles. The summed E-state index contributed by atoms with van der Waals surface area (Å²) in [5, 5.41) is 5.84. The van der Waals surface area contributed by atoms with Gasteiger partial charge in [0.1, 0.15) is 0 Å². The molecule has 0 aromatic carbocycles. The predicted octanol–water partition coefficient (Wildman–Crippen LogP) is 0.524. The lowest BCUT2D eigenvalue weighted by Crippen LogP contribution is -2.47. The van der Waals surface area contributed by atoms with Gasteiger partial charge >= 0.3 is 0 Å². The van der Waals surface area contributed by atoms with Crippen LogP contribution in [0.15, 0.2) is 0 Å². The van der Waals surface area contributed by atoms with E-state index in [2.05, 4.69) is 10.6 Å². The SMILES string of the molecule is O=C1CCC(C(=O)NC2CCCSC2)CN1. The predicted molar refractivity (Wildman–Crippen MR) is 64.2 cm³/mol. The van der Waals surface area contributed by atoms with Crippen LogP contribution >= 0.6 is 11.8 Å². The Balaban J connectivity index is 1.76. The lowest BCUT2D eigenvalue weighted by Gasteiger charge is -2.27. The summed E-state index contributed by atoms with van der Waals surface area (Å²) in [6, 6.07) is 0.337. The van der Waals surface area contributed by atoms with Crippen LogP contribution in [0.25, 0.3) is 0 Å². The summed E-state index contributed by atoms with van der Waals surface area (Å²) in [6.45, 7) is 0.504.